The molecule has 0 bridgehead atoms. The highest BCUT2D eigenvalue weighted by molar-refractivity contribution is 7.08. The lowest BCUT2D eigenvalue weighted by Gasteiger charge is -2.51. The Morgan fingerprint density at radius 1 is 1.46 bits per heavy atom. The number of aromatic nitrogens is 2. The van der Waals surface area contributed by atoms with E-state index in [0.717, 1.165) is 12.0 Å². The first-order chi connectivity index (χ1) is 19.2. The van der Waals surface area contributed by atoms with Crippen LogP contribution in [0.3, 0.4) is 0 Å². The number of benzene rings is 1. The minimum atomic E-state index is -3.08. The number of rotatable bonds is 7. The van der Waals surface area contributed by atoms with Gasteiger partial charge in [-0.3, -0.25) is 4.79 Å². The zero-order valence-corrected chi connectivity index (χ0v) is 20.8. The molecule has 9 heteroatoms. The van der Waals surface area contributed by atoms with E-state index in [2.05, 4.69) is 18.9 Å². The van der Waals surface area contributed by atoms with Gasteiger partial charge in [-0.1, -0.05) is 13.8 Å². The van der Waals surface area contributed by atoms with E-state index in [0.29, 0.717) is 44.8 Å². The van der Waals surface area contributed by atoms with Crippen LogP contribution in [0.25, 0.3) is 16.9 Å². The van der Waals surface area contributed by atoms with Gasteiger partial charge in [0, 0.05) is 40.7 Å². The second kappa shape index (κ2) is 8.96. The number of hydrogen-bond donors (Lipinski definition) is 0. The number of methoxy groups -OCH3 is 2. The van der Waals surface area contributed by atoms with Gasteiger partial charge in [0.15, 0.2) is 11.4 Å². The molecule has 3 aromatic rings. The highest BCUT2D eigenvalue weighted by atomic mass is 32.1. The average molecular weight is 504 g/mol. The first-order valence-corrected chi connectivity index (χ1v) is 12.3. The summed E-state index contributed by atoms with van der Waals surface area (Å²) >= 11 is 1.44. The molecule has 2 unspecified atom stereocenters. The Morgan fingerprint density at radius 2 is 2.31 bits per heavy atom. The van der Waals surface area contributed by atoms with Crippen LogP contribution in [0.4, 0.5) is 0 Å². The third kappa shape index (κ3) is 3.73. The van der Waals surface area contributed by atoms with Gasteiger partial charge >= 0.3 is 0 Å². The number of carbonyl (C=O) groups is 1. The van der Waals surface area contributed by atoms with E-state index in [4.69, 9.17) is 27.2 Å². The molecule has 5 rings (SSSR count). The van der Waals surface area contributed by atoms with E-state index in [1.165, 1.54) is 18.3 Å². The average Bonchev–Trinajstić information content (AvgIpc) is 3.53. The number of fused-ring (bicyclic) bond motifs is 3. The summed E-state index contributed by atoms with van der Waals surface area (Å²) in [7, 11) is -1.40. The molecule has 2 aliphatic rings. The maximum absolute atomic E-state index is 14.2. The summed E-state index contributed by atoms with van der Waals surface area (Å²) in [6.07, 6.45) is -0.297. The zero-order chi connectivity index (χ0) is 29.9. The Hall–Kier alpha value is -2.88. The van der Waals surface area contributed by atoms with E-state index in [1.807, 2.05) is 29.0 Å². The largest absolute Gasteiger partial charge is 0.496 e. The topological polar surface area (TPSA) is 75.1 Å². The summed E-state index contributed by atoms with van der Waals surface area (Å²) < 4.78 is 71.7. The van der Waals surface area contributed by atoms with Gasteiger partial charge in [0.25, 0.3) is 5.91 Å². The Labute approximate surface area is 217 Å². The standard InChI is InChI=1S/C26H31N3O5S/c1-15(2)9-17-10-19-22(11-21(17)31-5)33-12-20-23(27-29(24(19)20)18-7-8-35-13-18)25(30)28(4)26(32-6)14-34-16(26)3/h7-8,10-11,13,15-16H,9,12,14H2,1-6H3/i4D3,6D3. The lowest BCUT2D eigenvalue weighted by Crippen LogP contribution is -2.68. The van der Waals surface area contributed by atoms with E-state index in [1.54, 1.807) is 11.8 Å². The summed E-state index contributed by atoms with van der Waals surface area (Å²) in [5.41, 5.74) is 1.01. The molecule has 2 atom stereocenters. The van der Waals surface area contributed by atoms with E-state index < -0.39 is 38.4 Å². The summed E-state index contributed by atoms with van der Waals surface area (Å²) in [5.74, 6) is 0.527. The van der Waals surface area contributed by atoms with Crippen LogP contribution in [0.2, 0.25) is 0 Å². The molecule has 8 nitrogen and oxygen atoms in total. The van der Waals surface area contributed by atoms with E-state index >= 15 is 0 Å². The molecule has 35 heavy (non-hydrogen) atoms. The summed E-state index contributed by atoms with van der Waals surface area (Å²) in [5, 5.41) is 8.35. The summed E-state index contributed by atoms with van der Waals surface area (Å²) in [6.45, 7) is 2.07. The normalized spacial score (nSPS) is 23.9. The summed E-state index contributed by atoms with van der Waals surface area (Å²) in [4.78, 5) is 14.7. The van der Waals surface area contributed by atoms with Gasteiger partial charge in [-0.15, -0.1) is 0 Å². The van der Waals surface area contributed by atoms with Crippen molar-refractivity contribution in [3.05, 3.63) is 45.8 Å². The maximum atomic E-state index is 14.2. The minimum Gasteiger partial charge on any atom is -0.496 e. The van der Waals surface area contributed by atoms with Crippen molar-refractivity contribution < 1.29 is 32.0 Å². The van der Waals surface area contributed by atoms with Crippen LogP contribution in [0.1, 0.15) is 50.6 Å². The predicted octanol–water partition coefficient (Wildman–Crippen LogP) is 4.53. The van der Waals surface area contributed by atoms with Gasteiger partial charge in [-0.05, 0) is 42.3 Å². The molecular weight excluding hydrogens is 466 g/mol. The third-order valence-electron chi connectivity index (χ3n) is 6.51. The van der Waals surface area contributed by atoms with Crippen molar-refractivity contribution >= 4 is 17.2 Å². The van der Waals surface area contributed by atoms with Crippen LogP contribution < -0.4 is 9.47 Å². The first-order valence-electron chi connectivity index (χ1n) is 14.3. The smallest absolute Gasteiger partial charge is 0.276 e. The number of hydrogen-bond acceptors (Lipinski definition) is 7. The molecule has 186 valence electrons. The molecule has 0 radical (unpaired) electrons. The van der Waals surface area contributed by atoms with Crippen molar-refractivity contribution in [3.8, 4) is 28.4 Å². The molecule has 2 aromatic heterocycles. The number of ether oxygens (including phenoxy) is 4. The van der Waals surface area contributed by atoms with Gasteiger partial charge in [0.2, 0.25) is 0 Å². The molecule has 1 amide bonds. The second-order valence-electron chi connectivity index (χ2n) is 9.16. The molecule has 0 saturated carbocycles. The Balaban J connectivity index is 1.71. The first kappa shape index (κ1) is 17.5. The fourth-order valence-corrected chi connectivity index (χ4v) is 5.14. The molecule has 4 heterocycles. The Kier molecular flexibility index (Phi) is 4.49. The maximum Gasteiger partial charge on any atom is 0.276 e. The monoisotopic (exact) mass is 503 g/mol. The van der Waals surface area contributed by atoms with Crippen LogP contribution >= 0.6 is 11.3 Å². The zero-order valence-electron chi connectivity index (χ0n) is 26.0. The molecule has 0 spiro atoms. The van der Waals surface area contributed by atoms with Crippen molar-refractivity contribution in [1.82, 2.24) is 14.7 Å². The molecule has 0 aliphatic carbocycles. The molecule has 0 N–H and O–H groups in total. The third-order valence-corrected chi connectivity index (χ3v) is 7.18. The summed E-state index contributed by atoms with van der Waals surface area (Å²) in [6, 6.07) is 5.60. The van der Waals surface area contributed by atoms with Crippen LogP contribution in [-0.4, -0.2) is 60.1 Å². The SMILES string of the molecule is [2H]C([2H])([2H])OC1(N(C(=O)c2nn(-c3ccsc3)c3c2COc2cc(OC)c(CC(C)C)cc2-3)C([2H])([2H])[2H])COC1C. The molecule has 2 aliphatic heterocycles. The fourth-order valence-electron chi connectivity index (χ4n) is 4.52. The van der Waals surface area contributed by atoms with E-state index in [9.17, 15) is 4.79 Å². The van der Waals surface area contributed by atoms with Crippen LogP contribution in [0.5, 0.6) is 11.5 Å². The number of carbonyl (C=O) groups excluding carboxylic acids is 1. The van der Waals surface area contributed by atoms with Crippen molar-refractivity contribution in [2.45, 2.75) is 45.6 Å². The lowest BCUT2D eigenvalue weighted by atomic mass is 9.95. The van der Waals surface area contributed by atoms with Crippen molar-refractivity contribution in [2.24, 2.45) is 5.92 Å². The van der Waals surface area contributed by atoms with Gasteiger partial charge in [-0.25, -0.2) is 4.68 Å². The number of likely N-dealkylation sites (N-methyl/N-ethyl adjacent to an activating group) is 1. The fraction of sp³-hybridized carbons (Fsp3) is 0.462. The van der Waals surface area contributed by atoms with Crippen LogP contribution in [0, 0.1) is 5.92 Å². The highest BCUT2D eigenvalue weighted by Gasteiger charge is 2.52. The Bertz CT molecular complexity index is 1450. The van der Waals surface area contributed by atoms with Crippen LogP contribution in [-0.2, 0) is 22.5 Å². The van der Waals surface area contributed by atoms with E-state index in [-0.39, 0.29) is 12.3 Å². The number of amides is 1. The number of thiophene rings is 1. The van der Waals surface area contributed by atoms with Crippen molar-refractivity contribution in [1.29, 1.82) is 0 Å². The predicted molar refractivity (Wildman–Crippen MR) is 134 cm³/mol. The second-order valence-corrected chi connectivity index (χ2v) is 9.94. The highest BCUT2D eigenvalue weighted by Crippen LogP contribution is 2.44. The van der Waals surface area contributed by atoms with Gasteiger partial charge in [0.05, 0.1) is 29.2 Å². The number of nitrogens with zero attached hydrogens (tertiary/aromatic N) is 3. The van der Waals surface area contributed by atoms with Gasteiger partial charge in [0.1, 0.15) is 24.2 Å². The quantitative estimate of drug-likeness (QED) is 0.441. The minimum absolute atomic E-state index is 0.0752. The van der Waals surface area contributed by atoms with Crippen molar-refractivity contribution in [3.63, 3.8) is 0 Å². The van der Waals surface area contributed by atoms with Crippen LogP contribution in [0.15, 0.2) is 29.0 Å². The molecular formula is C26H31N3O5S. The lowest BCUT2D eigenvalue weighted by molar-refractivity contribution is -0.293. The molecule has 1 fully saturated rings. The molecule has 1 saturated heterocycles. The van der Waals surface area contributed by atoms with Crippen molar-refractivity contribution in [2.75, 3.05) is 27.7 Å². The van der Waals surface area contributed by atoms with Gasteiger partial charge in [-0.2, -0.15) is 16.4 Å². The molecule has 1 aromatic carbocycles. The Morgan fingerprint density at radius 3 is 2.91 bits per heavy atom. The van der Waals surface area contributed by atoms with Gasteiger partial charge < -0.3 is 23.8 Å².